The van der Waals surface area contributed by atoms with Crippen molar-refractivity contribution in [3.63, 3.8) is 0 Å². The van der Waals surface area contributed by atoms with E-state index in [4.69, 9.17) is 4.74 Å². The molecule has 1 amide bonds. The van der Waals surface area contributed by atoms with Gasteiger partial charge in [0.2, 0.25) is 5.91 Å². The number of amides is 1. The molecule has 2 N–H and O–H groups in total. The molecule has 4 nitrogen and oxygen atoms in total. The van der Waals surface area contributed by atoms with Gasteiger partial charge in [-0.25, -0.2) is 0 Å². The summed E-state index contributed by atoms with van der Waals surface area (Å²) in [5, 5.41) is 6.61. The largest absolute Gasteiger partial charge is 0.384 e. The fourth-order valence-electron chi connectivity index (χ4n) is 3.64. The Morgan fingerprint density at radius 3 is 2.90 bits per heavy atom. The Labute approximate surface area is 126 Å². The van der Waals surface area contributed by atoms with Gasteiger partial charge in [0.1, 0.15) is 0 Å². The number of fused-ring (bicyclic) bond motifs is 1. The Bertz CT molecular complexity index is 504. The van der Waals surface area contributed by atoms with E-state index >= 15 is 0 Å². The lowest BCUT2D eigenvalue weighted by atomic mass is 9.78. The minimum atomic E-state index is -0.364. The summed E-state index contributed by atoms with van der Waals surface area (Å²) in [6.07, 6.45) is 3.76. The number of benzene rings is 1. The van der Waals surface area contributed by atoms with E-state index in [0.717, 1.165) is 38.8 Å². The molecule has 3 rings (SSSR count). The molecule has 2 aliphatic rings. The summed E-state index contributed by atoms with van der Waals surface area (Å²) in [5.41, 5.74) is 2.29. The van der Waals surface area contributed by atoms with Crippen molar-refractivity contribution in [2.75, 3.05) is 26.8 Å². The molecule has 0 radical (unpaired) electrons. The Balaban J connectivity index is 1.73. The minimum Gasteiger partial charge on any atom is -0.384 e. The van der Waals surface area contributed by atoms with E-state index in [1.807, 2.05) is 0 Å². The molecule has 1 atom stereocenters. The summed E-state index contributed by atoms with van der Waals surface area (Å²) in [5.74, 6) is 0.160. The first kappa shape index (κ1) is 14.5. The van der Waals surface area contributed by atoms with E-state index in [1.165, 1.54) is 11.1 Å². The first-order valence-electron chi connectivity index (χ1n) is 7.84. The molecule has 114 valence electrons. The number of carbonyl (C=O) groups excluding carboxylic acids is 1. The Kier molecular flexibility index (Phi) is 4.27. The summed E-state index contributed by atoms with van der Waals surface area (Å²) in [6, 6.07) is 8.59. The number of rotatable bonds is 4. The third kappa shape index (κ3) is 2.83. The lowest BCUT2D eigenvalue weighted by Gasteiger charge is -2.36. The third-order valence-electron chi connectivity index (χ3n) is 4.90. The SMILES string of the molecule is COCC1(C(=O)NC2CCc3ccccc32)CCNCC1. The zero-order valence-electron chi connectivity index (χ0n) is 12.7. The predicted molar refractivity (Wildman–Crippen MR) is 82.1 cm³/mol. The predicted octanol–water partition coefficient (Wildman–Crippen LogP) is 1.81. The second-order valence-electron chi connectivity index (χ2n) is 6.23. The van der Waals surface area contributed by atoms with Crippen molar-refractivity contribution in [3.05, 3.63) is 35.4 Å². The summed E-state index contributed by atoms with van der Waals surface area (Å²) in [6.45, 7) is 2.28. The highest BCUT2D eigenvalue weighted by molar-refractivity contribution is 5.83. The lowest BCUT2D eigenvalue weighted by Crippen LogP contribution is -2.50. The van der Waals surface area contributed by atoms with Crippen molar-refractivity contribution in [2.45, 2.75) is 31.7 Å². The Hall–Kier alpha value is -1.39. The molecule has 0 bridgehead atoms. The van der Waals surface area contributed by atoms with Crippen LogP contribution in [0.4, 0.5) is 0 Å². The molecule has 0 aromatic heterocycles. The van der Waals surface area contributed by atoms with Gasteiger partial charge in [-0.2, -0.15) is 0 Å². The molecule has 1 unspecified atom stereocenters. The van der Waals surface area contributed by atoms with Gasteiger partial charge in [0.15, 0.2) is 0 Å². The van der Waals surface area contributed by atoms with Crippen molar-refractivity contribution in [3.8, 4) is 0 Å². The van der Waals surface area contributed by atoms with E-state index in [9.17, 15) is 4.79 Å². The number of piperidine rings is 1. The molecule has 0 spiro atoms. The van der Waals surface area contributed by atoms with Gasteiger partial charge in [-0.3, -0.25) is 4.79 Å². The lowest BCUT2D eigenvalue weighted by molar-refractivity contribution is -0.137. The second kappa shape index (κ2) is 6.16. The average molecular weight is 288 g/mol. The number of aryl methyl sites for hydroxylation is 1. The van der Waals surface area contributed by atoms with Crippen molar-refractivity contribution < 1.29 is 9.53 Å². The maximum Gasteiger partial charge on any atom is 0.229 e. The maximum absolute atomic E-state index is 12.9. The summed E-state index contributed by atoms with van der Waals surface area (Å²) in [4.78, 5) is 12.9. The quantitative estimate of drug-likeness (QED) is 0.888. The number of ether oxygens (including phenoxy) is 1. The number of hydrogen-bond donors (Lipinski definition) is 2. The van der Waals surface area contributed by atoms with Crippen LogP contribution in [-0.2, 0) is 16.0 Å². The fraction of sp³-hybridized carbons (Fsp3) is 0.588. The zero-order valence-corrected chi connectivity index (χ0v) is 12.7. The smallest absolute Gasteiger partial charge is 0.229 e. The van der Waals surface area contributed by atoms with Crippen molar-refractivity contribution in [1.29, 1.82) is 0 Å². The first-order chi connectivity index (χ1) is 10.2. The third-order valence-corrected chi connectivity index (χ3v) is 4.90. The highest BCUT2D eigenvalue weighted by atomic mass is 16.5. The van der Waals surface area contributed by atoms with Crippen molar-refractivity contribution >= 4 is 5.91 Å². The zero-order chi connectivity index (χ0) is 14.7. The molecule has 1 aromatic carbocycles. The van der Waals surface area contributed by atoms with Crippen LogP contribution in [0.5, 0.6) is 0 Å². The highest BCUT2D eigenvalue weighted by Gasteiger charge is 2.41. The normalized spacial score (nSPS) is 23.6. The van der Waals surface area contributed by atoms with Crippen LogP contribution in [0.25, 0.3) is 0 Å². The van der Waals surface area contributed by atoms with E-state index < -0.39 is 0 Å². The van der Waals surface area contributed by atoms with E-state index in [0.29, 0.717) is 6.61 Å². The molecular weight excluding hydrogens is 264 g/mol. The van der Waals surface area contributed by atoms with Gasteiger partial charge in [0.05, 0.1) is 18.1 Å². The summed E-state index contributed by atoms with van der Waals surface area (Å²) >= 11 is 0. The molecule has 1 fully saturated rings. The minimum absolute atomic E-state index is 0.160. The van der Waals surface area contributed by atoms with Crippen molar-refractivity contribution in [2.24, 2.45) is 5.41 Å². The van der Waals surface area contributed by atoms with Gasteiger partial charge < -0.3 is 15.4 Å². The van der Waals surface area contributed by atoms with Crippen LogP contribution in [0, 0.1) is 5.41 Å². The van der Waals surface area contributed by atoms with Gasteiger partial charge in [-0.05, 0) is 49.9 Å². The second-order valence-corrected chi connectivity index (χ2v) is 6.23. The highest BCUT2D eigenvalue weighted by Crippen LogP contribution is 2.34. The molecule has 21 heavy (non-hydrogen) atoms. The van der Waals surface area contributed by atoms with Crippen LogP contribution in [0.2, 0.25) is 0 Å². The van der Waals surface area contributed by atoms with E-state index in [-0.39, 0.29) is 17.4 Å². The van der Waals surface area contributed by atoms with Crippen molar-refractivity contribution in [1.82, 2.24) is 10.6 Å². The molecule has 1 aromatic rings. The van der Waals surface area contributed by atoms with Crippen LogP contribution in [-0.4, -0.2) is 32.7 Å². The van der Waals surface area contributed by atoms with Crippen LogP contribution >= 0.6 is 0 Å². The van der Waals surface area contributed by atoms with Gasteiger partial charge in [-0.1, -0.05) is 24.3 Å². The van der Waals surface area contributed by atoms with Crippen LogP contribution in [0.3, 0.4) is 0 Å². The first-order valence-corrected chi connectivity index (χ1v) is 7.84. The molecule has 1 saturated heterocycles. The fourth-order valence-corrected chi connectivity index (χ4v) is 3.64. The number of nitrogens with one attached hydrogen (secondary N) is 2. The average Bonchev–Trinajstić information content (AvgIpc) is 2.92. The van der Waals surface area contributed by atoms with E-state index in [2.05, 4.69) is 34.9 Å². The van der Waals surface area contributed by atoms with Crippen LogP contribution in [0.1, 0.15) is 36.4 Å². The van der Waals surface area contributed by atoms with Crippen LogP contribution in [0.15, 0.2) is 24.3 Å². The summed E-state index contributed by atoms with van der Waals surface area (Å²) in [7, 11) is 1.68. The number of hydrogen-bond acceptors (Lipinski definition) is 3. The maximum atomic E-state index is 12.9. The van der Waals surface area contributed by atoms with Gasteiger partial charge in [0.25, 0.3) is 0 Å². The molecule has 1 aliphatic heterocycles. The monoisotopic (exact) mass is 288 g/mol. The number of methoxy groups -OCH3 is 1. The topological polar surface area (TPSA) is 50.4 Å². The summed E-state index contributed by atoms with van der Waals surface area (Å²) < 4.78 is 5.35. The standard InChI is InChI=1S/C17H24N2O2/c1-21-12-17(8-10-18-11-9-17)16(20)19-15-7-6-13-4-2-3-5-14(13)15/h2-5,15,18H,6-12H2,1H3,(H,19,20). The Morgan fingerprint density at radius 1 is 1.38 bits per heavy atom. The Morgan fingerprint density at radius 2 is 2.14 bits per heavy atom. The molecule has 1 heterocycles. The van der Waals surface area contributed by atoms with Gasteiger partial charge in [0, 0.05) is 7.11 Å². The molecule has 0 saturated carbocycles. The van der Waals surface area contributed by atoms with Crippen LogP contribution < -0.4 is 10.6 Å². The molecular formula is C17H24N2O2. The molecule has 1 aliphatic carbocycles. The number of carbonyl (C=O) groups is 1. The van der Waals surface area contributed by atoms with E-state index in [1.54, 1.807) is 7.11 Å². The molecule has 4 heteroatoms. The van der Waals surface area contributed by atoms with Gasteiger partial charge in [-0.15, -0.1) is 0 Å². The van der Waals surface area contributed by atoms with Gasteiger partial charge >= 0.3 is 0 Å².